The molecule has 2 aromatic rings. The first-order chi connectivity index (χ1) is 14.1. The second-order valence-corrected chi connectivity index (χ2v) is 7.41. The van der Waals surface area contributed by atoms with Gasteiger partial charge in [-0.15, -0.1) is 0 Å². The fourth-order valence-corrected chi connectivity index (χ4v) is 3.72. The van der Waals surface area contributed by atoms with Crippen LogP contribution in [0.4, 0.5) is 0 Å². The third-order valence-corrected chi connectivity index (χ3v) is 5.52. The first-order valence-corrected chi connectivity index (χ1v) is 10.2. The number of hydrogen-bond acceptors (Lipinski definition) is 5. The molecule has 3 rings (SSSR count). The van der Waals surface area contributed by atoms with Gasteiger partial charge >= 0.3 is 0 Å². The zero-order valence-corrected chi connectivity index (χ0v) is 18.0. The predicted octanol–water partition coefficient (Wildman–Crippen LogP) is 4.82. The number of ether oxygens (including phenoxy) is 5. The Hall–Kier alpha value is -1.92. The van der Waals surface area contributed by atoms with Crippen molar-refractivity contribution in [3.63, 3.8) is 0 Å². The molecule has 5 atom stereocenters. The van der Waals surface area contributed by atoms with Crippen LogP contribution in [0.1, 0.15) is 43.1 Å². The van der Waals surface area contributed by atoms with Crippen molar-refractivity contribution in [3.05, 3.63) is 65.2 Å². The summed E-state index contributed by atoms with van der Waals surface area (Å²) < 4.78 is 29.8. The maximum atomic E-state index is 6.43. The van der Waals surface area contributed by atoms with Crippen molar-refractivity contribution in [2.24, 2.45) is 0 Å². The molecule has 0 aliphatic carbocycles. The van der Waals surface area contributed by atoms with E-state index in [9.17, 15) is 0 Å². The minimum Gasteiger partial charge on any atom is -0.497 e. The molecule has 1 fully saturated rings. The first-order valence-electron chi connectivity index (χ1n) is 10.2. The second-order valence-electron chi connectivity index (χ2n) is 7.41. The average Bonchev–Trinajstić information content (AvgIpc) is 3.09. The van der Waals surface area contributed by atoms with Crippen LogP contribution in [0, 0.1) is 6.92 Å². The van der Waals surface area contributed by atoms with E-state index in [1.807, 2.05) is 43.3 Å². The SMILES string of the molecule is CC[C@H]1O[C@H](OC)[C@H](OC(C)c2cccc(OC)c2)[C@H]1OCc1ccccc1C. The minimum atomic E-state index is -0.463. The van der Waals surface area contributed by atoms with Crippen LogP contribution in [0.25, 0.3) is 0 Å². The summed E-state index contributed by atoms with van der Waals surface area (Å²) in [4.78, 5) is 0. The van der Waals surface area contributed by atoms with Crippen LogP contribution in [-0.4, -0.2) is 38.8 Å². The van der Waals surface area contributed by atoms with Gasteiger partial charge in [-0.1, -0.05) is 43.3 Å². The molecule has 0 radical (unpaired) electrons. The third kappa shape index (κ3) is 5.17. The lowest BCUT2D eigenvalue weighted by atomic mass is 10.1. The Labute approximate surface area is 173 Å². The molecule has 5 nitrogen and oxygen atoms in total. The molecule has 1 aliphatic heterocycles. The molecule has 0 spiro atoms. The zero-order valence-electron chi connectivity index (χ0n) is 18.0. The molecule has 0 amide bonds. The van der Waals surface area contributed by atoms with Crippen molar-refractivity contribution >= 4 is 0 Å². The van der Waals surface area contributed by atoms with E-state index in [2.05, 4.69) is 26.0 Å². The van der Waals surface area contributed by atoms with Gasteiger partial charge in [-0.05, 0) is 49.1 Å². The van der Waals surface area contributed by atoms with Crippen molar-refractivity contribution < 1.29 is 23.7 Å². The monoisotopic (exact) mass is 400 g/mol. The van der Waals surface area contributed by atoms with Gasteiger partial charge in [0, 0.05) is 7.11 Å². The van der Waals surface area contributed by atoms with Gasteiger partial charge in [0.05, 0.1) is 25.9 Å². The lowest BCUT2D eigenvalue weighted by molar-refractivity contribution is -0.176. The lowest BCUT2D eigenvalue weighted by Gasteiger charge is -2.27. The number of methoxy groups -OCH3 is 2. The van der Waals surface area contributed by atoms with Gasteiger partial charge in [-0.25, -0.2) is 0 Å². The van der Waals surface area contributed by atoms with Crippen LogP contribution < -0.4 is 4.74 Å². The summed E-state index contributed by atoms with van der Waals surface area (Å²) in [6, 6.07) is 16.2. The summed E-state index contributed by atoms with van der Waals surface area (Å²) in [7, 11) is 3.31. The highest BCUT2D eigenvalue weighted by Gasteiger charge is 2.46. The van der Waals surface area contributed by atoms with Crippen LogP contribution in [0.15, 0.2) is 48.5 Å². The van der Waals surface area contributed by atoms with Crippen LogP contribution in [-0.2, 0) is 25.6 Å². The van der Waals surface area contributed by atoms with Gasteiger partial charge in [0.25, 0.3) is 0 Å². The Kier molecular flexibility index (Phi) is 7.67. The molecule has 5 heteroatoms. The molecule has 158 valence electrons. The van der Waals surface area contributed by atoms with E-state index < -0.39 is 6.29 Å². The maximum Gasteiger partial charge on any atom is 0.186 e. The van der Waals surface area contributed by atoms with Gasteiger partial charge in [0.15, 0.2) is 6.29 Å². The summed E-state index contributed by atoms with van der Waals surface area (Å²) in [5, 5.41) is 0. The Morgan fingerprint density at radius 1 is 1.03 bits per heavy atom. The van der Waals surface area contributed by atoms with E-state index in [0.717, 1.165) is 17.7 Å². The molecular weight excluding hydrogens is 368 g/mol. The Balaban J connectivity index is 1.75. The van der Waals surface area contributed by atoms with E-state index in [-0.39, 0.29) is 24.4 Å². The predicted molar refractivity (Wildman–Crippen MR) is 112 cm³/mol. The first kappa shape index (κ1) is 21.8. The molecule has 1 unspecified atom stereocenters. The summed E-state index contributed by atoms with van der Waals surface area (Å²) in [5.74, 6) is 0.808. The summed E-state index contributed by atoms with van der Waals surface area (Å²) >= 11 is 0. The molecule has 0 saturated carbocycles. The van der Waals surface area contributed by atoms with Gasteiger partial charge < -0.3 is 23.7 Å². The maximum absolute atomic E-state index is 6.43. The molecule has 0 bridgehead atoms. The smallest absolute Gasteiger partial charge is 0.186 e. The number of benzene rings is 2. The number of aryl methyl sites for hydroxylation is 1. The van der Waals surface area contributed by atoms with Crippen molar-refractivity contribution in [1.82, 2.24) is 0 Å². The van der Waals surface area contributed by atoms with E-state index in [4.69, 9.17) is 23.7 Å². The summed E-state index contributed by atoms with van der Waals surface area (Å²) in [6.45, 7) is 6.73. The molecule has 29 heavy (non-hydrogen) atoms. The largest absolute Gasteiger partial charge is 0.497 e. The molecule has 0 N–H and O–H groups in total. The van der Waals surface area contributed by atoms with E-state index in [1.54, 1.807) is 14.2 Å². The van der Waals surface area contributed by atoms with E-state index in [1.165, 1.54) is 11.1 Å². The molecule has 1 heterocycles. The van der Waals surface area contributed by atoms with Crippen molar-refractivity contribution in [2.75, 3.05) is 14.2 Å². The molecule has 1 aliphatic rings. The van der Waals surface area contributed by atoms with Crippen LogP contribution in [0.2, 0.25) is 0 Å². The normalized spacial score (nSPS) is 25.1. The number of hydrogen-bond donors (Lipinski definition) is 0. The van der Waals surface area contributed by atoms with Crippen LogP contribution in [0.3, 0.4) is 0 Å². The van der Waals surface area contributed by atoms with Crippen molar-refractivity contribution in [2.45, 2.75) is 64.5 Å². The Bertz CT molecular complexity index is 777. The lowest BCUT2D eigenvalue weighted by Crippen LogP contribution is -2.38. The Morgan fingerprint density at radius 3 is 2.52 bits per heavy atom. The average molecular weight is 401 g/mol. The van der Waals surface area contributed by atoms with Crippen molar-refractivity contribution in [3.8, 4) is 5.75 Å². The highest BCUT2D eigenvalue weighted by atomic mass is 16.7. The minimum absolute atomic E-state index is 0.0773. The molecule has 1 saturated heterocycles. The summed E-state index contributed by atoms with van der Waals surface area (Å²) in [6.07, 6.45) is -0.406. The highest BCUT2D eigenvalue weighted by Crippen LogP contribution is 2.34. The van der Waals surface area contributed by atoms with Gasteiger partial charge in [0.1, 0.15) is 18.0 Å². The van der Waals surface area contributed by atoms with E-state index >= 15 is 0 Å². The van der Waals surface area contributed by atoms with Crippen molar-refractivity contribution in [1.29, 1.82) is 0 Å². The van der Waals surface area contributed by atoms with E-state index in [0.29, 0.717) is 6.61 Å². The fraction of sp³-hybridized carbons (Fsp3) is 0.500. The van der Waals surface area contributed by atoms with Crippen LogP contribution >= 0.6 is 0 Å². The van der Waals surface area contributed by atoms with Gasteiger partial charge in [-0.3, -0.25) is 0 Å². The quantitative estimate of drug-likeness (QED) is 0.604. The molecule has 2 aromatic carbocycles. The van der Waals surface area contributed by atoms with Gasteiger partial charge in [0.2, 0.25) is 0 Å². The van der Waals surface area contributed by atoms with Crippen LogP contribution in [0.5, 0.6) is 5.75 Å². The highest BCUT2D eigenvalue weighted by molar-refractivity contribution is 5.29. The zero-order chi connectivity index (χ0) is 20.8. The second kappa shape index (κ2) is 10.2. The standard InChI is InChI=1S/C24H32O5/c1-6-21-22(27-15-19-11-8-7-10-16(19)2)23(24(26-5)29-21)28-17(3)18-12-9-13-20(14-18)25-4/h7-14,17,21-24H,6,15H2,1-5H3/t17?,21-,22+,23-,24+/m1/s1. The third-order valence-electron chi connectivity index (χ3n) is 5.52. The molecule has 0 aromatic heterocycles. The summed E-state index contributed by atoms with van der Waals surface area (Å²) in [5.41, 5.74) is 3.42. The topological polar surface area (TPSA) is 46.2 Å². The molecular formula is C24H32O5. The number of rotatable bonds is 9. The van der Waals surface area contributed by atoms with Gasteiger partial charge in [-0.2, -0.15) is 0 Å². The Morgan fingerprint density at radius 2 is 1.83 bits per heavy atom. The fourth-order valence-electron chi connectivity index (χ4n) is 3.72.